The van der Waals surface area contributed by atoms with Crippen LogP contribution in [0.4, 0.5) is 0 Å². The van der Waals surface area contributed by atoms with Gasteiger partial charge in [0.1, 0.15) is 6.04 Å². The summed E-state index contributed by atoms with van der Waals surface area (Å²) in [4.78, 5) is 24.2. The summed E-state index contributed by atoms with van der Waals surface area (Å²) in [5.74, 6) is 0.0856. The van der Waals surface area contributed by atoms with E-state index in [1.54, 1.807) is 0 Å². The Morgan fingerprint density at radius 1 is 1.33 bits per heavy atom. The van der Waals surface area contributed by atoms with Crippen molar-refractivity contribution < 1.29 is 9.59 Å². The van der Waals surface area contributed by atoms with Gasteiger partial charge >= 0.3 is 0 Å². The van der Waals surface area contributed by atoms with Crippen molar-refractivity contribution in [1.82, 2.24) is 4.90 Å². The first-order chi connectivity index (χ1) is 7.09. The number of carbonyl (C=O) groups excluding carboxylic acids is 2. The average Bonchev–Trinajstić information content (AvgIpc) is 2.84. The predicted octanol–water partition coefficient (Wildman–Crippen LogP) is -0.800. The van der Waals surface area contributed by atoms with Gasteiger partial charge in [0.05, 0.1) is 6.04 Å². The standard InChI is InChI=1S/C10H17N3O2/c11-7(5-6-1-2-6)10(15)13-4-3-8(13)9(12)14/h6-8H,1-5,11H2,(H2,12,14). The molecule has 0 spiro atoms. The molecule has 0 radical (unpaired) electrons. The molecule has 0 aromatic carbocycles. The molecule has 5 nitrogen and oxygen atoms in total. The Morgan fingerprint density at radius 2 is 2.00 bits per heavy atom. The molecule has 4 N–H and O–H groups in total. The Labute approximate surface area is 88.8 Å². The van der Waals surface area contributed by atoms with E-state index in [4.69, 9.17) is 11.5 Å². The summed E-state index contributed by atoms with van der Waals surface area (Å²) in [6.45, 7) is 0.616. The molecule has 0 aromatic rings. The number of nitrogens with two attached hydrogens (primary N) is 2. The Hall–Kier alpha value is -1.10. The van der Waals surface area contributed by atoms with Crippen LogP contribution in [0.3, 0.4) is 0 Å². The van der Waals surface area contributed by atoms with Crippen molar-refractivity contribution in [3.63, 3.8) is 0 Å². The van der Waals surface area contributed by atoms with E-state index in [1.165, 1.54) is 17.7 Å². The second-order valence-corrected chi connectivity index (χ2v) is 4.52. The third-order valence-corrected chi connectivity index (χ3v) is 3.23. The first kappa shape index (κ1) is 10.4. The fraction of sp³-hybridized carbons (Fsp3) is 0.800. The van der Waals surface area contributed by atoms with E-state index < -0.39 is 18.0 Å². The average molecular weight is 211 g/mol. The molecule has 15 heavy (non-hydrogen) atoms. The topological polar surface area (TPSA) is 89.4 Å². The van der Waals surface area contributed by atoms with Crippen LogP contribution in [0.2, 0.25) is 0 Å². The molecule has 1 aliphatic heterocycles. The molecule has 2 amide bonds. The molecule has 1 heterocycles. The lowest BCUT2D eigenvalue weighted by atomic mass is 9.99. The van der Waals surface area contributed by atoms with Crippen LogP contribution in [0.15, 0.2) is 0 Å². The van der Waals surface area contributed by atoms with Crippen molar-refractivity contribution in [3.8, 4) is 0 Å². The Balaban J connectivity index is 1.86. The van der Waals surface area contributed by atoms with Gasteiger partial charge in [0.15, 0.2) is 0 Å². The van der Waals surface area contributed by atoms with Gasteiger partial charge in [0.25, 0.3) is 0 Å². The van der Waals surface area contributed by atoms with Crippen LogP contribution in [0.25, 0.3) is 0 Å². The number of carbonyl (C=O) groups is 2. The van der Waals surface area contributed by atoms with Gasteiger partial charge in [-0.3, -0.25) is 9.59 Å². The minimum Gasteiger partial charge on any atom is -0.368 e. The second-order valence-electron chi connectivity index (χ2n) is 4.52. The van der Waals surface area contributed by atoms with Crippen molar-refractivity contribution in [3.05, 3.63) is 0 Å². The summed E-state index contributed by atoms with van der Waals surface area (Å²) in [5.41, 5.74) is 11.0. The molecule has 2 fully saturated rings. The largest absolute Gasteiger partial charge is 0.368 e. The number of rotatable bonds is 4. The van der Waals surface area contributed by atoms with E-state index in [0.29, 0.717) is 18.9 Å². The fourth-order valence-corrected chi connectivity index (χ4v) is 1.97. The minimum atomic E-state index is -0.445. The molecule has 2 unspecified atom stereocenters. The Bertz CT molecular complexity index is 288. The van der Waals surface area contributed by atoms with Crippen molar-refractivity contribution in [2.24, 2.45) is 17.4 Å². The second kappa shape index (κ2) is 3.81. The van der Waals surface area contributed by atoms with Crippen LogP contribution in [-0.2, 0) is 9.59 Å². The van der Waals surface area contributed by atoms with E-state index in [0.717, 1.165) is 6.42 Å². The Kier molecular flexibility index (Phi) is 2.65. The zero-order valence-electron chi connectivity index (χ0n) is 8.69. The van der Waals surface area contributed by atoms with E-state index in [-0.39, 0.29) is 5.91 Å². The van der Waals surface area contributed by atoms with Crippen molar-refractivity contribution in [1.29, 1.82) is 0 Å². The maximum atomic E-state index is 11.8. The number of nitrogens with zero attached hydrogens (tertiary/aromatic N) is 1. The smallest absolute Gasteiger partial charge is 0.240 e. The maximum Gasteiger partial charge on any atom is 0.240 e. The molecule has 84 valence electrons. The summed E-state index contributed by atoms with van der Waals surface area (Å²) in [6, 6.07) is -0.859. The van der Waals surface area contributed by atoms with Crippen molar-refractivity contribution >= 4 is 11.8 Å². The van der Waals surface area contributed by atoms with Gasteiger partial charge in [-0.15, -0.1) is 0 Å². The monoisotopic (exact) mass is 211 g/mol. The van der Waals surface area contributed by atoms with Gasteiger partial charge in [-0.2, -0.15) is 0 Å². The highest BCUT2D eigenvalue weighted by Crippen LogP contribution is 2.33. The molecule has 5 heteroatoms. The van der Waals surface area contributed by atoms with Crippen LogP contribution < -0.4 is 11.5 Å². The quantitative estimate of drug-likeness (QED) is 0.638. The van der Waals surface area contributed by atoms with E-state index in [9.17, 15) is 9.59 Å². The molecular formula is C10H17N3O2. The SMILES string of the molecule is NC(=O)C1CCN1C(=O)C(N)CC1CC1. The van der Waals surface area contributed by atoms with Gasteiger partial charge in [0, 0.05) is 6.54 Å². The third-order valence-electron chi connectivity index (χ3n) is 3.23. The van der Waals surface area contributed by atoms with Crippen LogP contribution >= 0.6 is 0 Å². The highest BCUT2D eigenvalue weighted by Gasteiger charge is 2.39. The number of hydrogen-bond acceptors (Lipinski definition) is 3. The van der Waals surface area contributed by atoms with Crippen molar-refractivity contribution in [2.45, 2.75) is 37.8 Å². The van der Waals surface area contributed by atoms with Gasteiger partial charge < -0.3 is 16.4 Å². The Morgan fingerprint density at radius 3 is 2.40 bits per heavy atom. The minimum absolute atomic E-state index is 0.114. The molecular weight excluding hydrogens is 194 g/mol. The summed E-state index contributed by atoms with van der Waals surface area (Å²) in [6.07, 6.45) is 3.79. The van der Waals surface area contributed by atoms with E-state index in [1.807, 2.05) is 0 Å². The molecule has 2 rings (SSSR count). The van der Waals surface area contributed by atoms with Gasteiger partial charge in [-0.05, 0) is 18.8 Å². The van der Waals surface area contributed by atoms with Gasteiger partial charge in [0.2, 0.25) is 11.8 Å². The number of amides is 2. The first-order valence-corrected chi connectivity index (χ1v) is 5.45. The molecule has 0 bridgehead atoms. The van der Waals surface area contributed by atoms with E-state index in [2.05, 4.69) is 0 Å². The normalized spacial score (nSPS) is 27.0. The lowest BCUT2D eigenvalue weighted by molar-refractivity contribution is -0.147. The highest BCUT2D eigenvalue weighted by molar-refractivity contribution is 5.90. The van der Waals surface area contributed by atoms with Crippen LogP contribution in [0.1, 0.15) is 25.7 Å². The molecule has 1 saturated carbocycles. The molecule has 2 atom stereocenters. The first-order valence-electron chi connectivity index (χ1n) is 5.45. The van der Waals surface area contributed by atoms with Crippen LogP contribution in [0, 0.1) is 5.92 Å². The zero-order valence-corrected chi connectivity index (χ0v) is 8.69. The maximum absolute atomic E-state index is 11.8. The predicted molar refractivity (Wildman–Crippen MR) is 54.6 cm³/mol. The number of primary amides is 1. The fourth-order valence-electron chi connectivity index (χ4n) is 1.97. The number of likely N-dealkylation sites (tertiary alicyclic amines) is 1. The summed E-state index contributed by atoms with van der Waals surface area (Å²) in [7, 11) is 0. The number of hydrogen-bond donors (Lipinski definition) is 2. The third kappa shape index (κ3) is 2.12. The highest BCUT2D eigenvalue weighted by atomic mass is 16.2. The van der Waals surface area contributed by atoms with Crippen LogP contribution in [-0.4, -0.2) is 35.3 Å². The zero-order chi connectivity index (χ0) is 11.0. The van der Waals surface area contributed by atoms with Gasteiger partial charge in [-0.25, -0.2) is 0 Å². The van der Waals surface area contributed by atoms with Crippen molar-refractivity contribution in [2.75, 3.05) is 6.54 Å². The molecule has 1 aliphatic carbocycles. The lowest BCUT2D eigenvalue weighted by Crippen LogP contribution is -2.60. The molecule has 0 aromatic heterocycles. The lowest BCUT2D eigenvalue weighted by Gasteiger charge is -2.40. The van der Waals surface area contributed by atoms with Crippen LogP contribution in [0.5, 0.6) is 0 Å². The summed E-state index contributed by atoms with van der Waals surface area (Å²) < 4.78 is 0. The molecule has 1 saturated heterocycles. The molecule has 2 aliphatic rings. The van der Waals surface area contributed by atoms with E-state index >= 15 is 0 Å². The summed E-state index contributed by atoms with van der Waals surface area (Å²) >= 11 is 0. The van der Waals surface area contributed by atoms with Gasteiger partial charge in [-0.1, -0.05) is 12.8 Å². The summed E-state index contributed by atoms with van der Waals surface area (Å²) in [5, 5.41) is 0.